The molecule has 2 fully saturated rings. The van der Waals surface area contributed by atoms with Gasteiger partial charge < -0.3 is 10.6 Å². The minimum atomic E-state index is 0.633. The van der Waals surface area contributed by atoms with Crippen molar-refractivity contribution < 1.29 is 0 Å². The molecule has 74 valence electrons. The minimum Gasteiger partial charge on any atom is -0.384 e. The third-order valence-corrected chi connectivity index (χ3v) is 3.52. The Labute approximate surface area is 83.9 Å². The first-order chi connectivity index (χ1) is 6.84. The predicted molar refractivity (Wildman–Crippen MR) is 57.2 cm³/mol. The van der Waals surface area contributed by atoms with Crippen LogP contribution >= 0.6 is 0 Å². The van der Waals surface area contributed by atoms with E-state index in [-0.39, 0.29) is 0 Å². The molecule has 0 atom stereocenters. The normalized spacial score (nSPS) is 29.9. The van der Waals surface area contributed by atoms with Crippen molar-refractivity contribution in [2.75, 3.05) is 10.6 Å². The van der Waals surface area contributed by atoms with Crippen LogP contribution in [0.1, 0.15) is 25.7 Å². The first kappa shape index (κ1) is 8.09. The van der Waals surface area contributed by atoms with Crippen LogP contribution in [0.4, 0.5) is 11.5 Å². The molecule has 1 aromatic rings. The zero-order valence-corrected chi connectivity index (χ0v) is 8.19. The minimum absolute atomic E-state index is 0.633. The Morgan fingerprint density at radius 1 is 1.21 bits per heavy atom. The number of hydrogen-bond donors (Lipinski definition) is 1. The average molecular weight is 189 g/mol. The van der Waals surface area contributed by atoms with Crippen LogP contribution in [0.15, 0.2) is 18.3 Å². The Morgan fingerprint density at radius 3 is 2.43 bits per heavy atom. The van der Waals surface area contributed by atoms with Gasteiger partial charge in [-0.15, -0.1) is 0 Å². The standard InChI is InChI=1S/C11H15N3/c12-11-7-10(5-6-13-11)14-8-1-2-9(14)4-3-8/h5-9H,1-4H2,(H2,12,13). The fourth-order valence-corrected chi connectivity index (χ4v) is 2.93. The zero-order chi connectivity index (χ0) is 9.54. The van der Waals surface area contributed by atoms with Gasteiger partial charge >= 0.3 is 0 Å². The predicted octanol–water partition coefficient (Wildman–Crippen LogP) is 1.79. The van der Waals surface area contributed by atoms with Gasteiger partial charge in [-0.1, -0.05) is 0 Å². The molecule has 2 aliphatic heterocycles. The summed E-state index contributed by atoms with van der Waals surface area (Å²) in [4.78, 5) is 6.57. The third kappa shape index (κ3) is 1.08. The van der Waals surface area contributed by atoms with E-state index < -0.39 is 0 Å². The van der Waals surface area contributed by atoms with Crippen LogP contribution in [0, 0.1) is 0 Å². The summed E-state index contributed by atoms with van der Waals surface area (Å²) in [6.07, 6.45) is 7.22. The van der Waals surface area contributed by atoms with Gasteiger partial charge in [-0.05, 0) is 31.7 Å². The van der Waals surface area contributed by atoms with E-state index in [4.69, 9.17) is 5.73 Å². The molecule has 2 bridgehead atoms. The summed E-state index contributed by atoms with van der Waals surface area (Å²) in [6, 6.07) is 5.60. The lowest BCUT2D eigenvalue weighted by molar-refractivity contribution is 0.576. The molecule has 1 aromatic heterocycles. The lowest BCUT2D eigenvalue weighted by Gasteiger charge is -2.24. The number of nitrogens with two attached hydrogens (primary N) is 1. The van der Waals surface area contributed by atoms with E-state index >= 15 is 0 Å². The maximum Gasteiger partial charge on any atom is 0.125 e. The van der Waals surface area contributed by atoms with E-state index in [2.05, 4.69) is 16.0 Å². The molecule has 0 amide bonds. The van der Waals surface area contributed by atoms with Gasteiger partial charge in [0.1, 0.15) is 5.82 Å². The van der Waals surface area contributed by atoms with Crippen LogP contribution in [0.2, 0.25) is 0 Å². The van der Waals surface area contributed by atoms with E-state index in [1.807, 2.05) is 12.3 Å². The van der Waals surface area contributed by atoms with Gasteiger partial charge in [0.15, 0.2) is 0 Å². The summed E-state index contributed by atoms with van der Waals surface area (Å²) in [5.41, 5.74) is 6.97. The molecule has 14 heavy (non-hydrogen) atoms. The van der Waals surface area contributed by atoms with Crippen molar-refractivity contribution in [2.24, 2.45) is 0 Å². The molecule has 3 heteroatoms. The summed E-state index contributed by atoms with van der Waals surface area (Å²) in [5.74, 6) is 0.633. The number of hydrogen-bond acceptors (Lipinski definition) is 3. The fourth-order valence-electron chi connectivity index (χ4n) is 2.93. The first-order valence-electron chi connectivity index (χ1n) is 5.34. The van der Waals surface area contributed by atoms with Crippen LogP contribution in [-0.2, 0) is 0 Å². The topological polar surface area (TPSA) is 42.1 Å². The van der Waals surface area contributed by atoms with Gasteiger partial charge in [0.2, 0.25) is 0 Å². The van der Waals surface area contributed by atoms with Crippen molar-refractivity contribution in [2.45, 2.75) is 37.8 Å². The zero-order valence-electron chi connectivity index (χ0n) is 8.19. The lowest BCUT2D eigenvalue weighted by Crippen LogP contribution is -2.27. The molecule has 3 rings (SSSR count). The van der Waals surface area contributed by atoms with Gasteiger partial charge in [-0.3, -0.25) is 0 Å². The van der Waals surface area contributed by atoms with Crippen molar-refractivity contribution in [1.29, 1.82) is 0 Å². The molecule has 3 heterocycles. The van der Waals surface area contributed by atoms with Gasteiger partial charge in [0, 0.05) is 30.0 Å². The van der Waals surface area contributed by atoms with Crippen LogP contribution in [-0.4, -0.2) is 17.1 Å². The molecule has 2 saturated heterocycles. The van der Waals surface area contributed by atoms with E-state index in [0.29, 0.717) is 5.82 Å². The Morgan fingerprint density at radius 2 is 1.86 bits per heavy atom. The highest BCUT2D eigenvalue weighted by atomic mass is 15.2. The highest BCUT2D eigenvalue weighted by molar-refractivity contribution is 5.55. The molecule has 0 aromatic carbocycles. The molecule has 0 aliphatic carbocycles. The quantitative estimate of drug-likeness (QED) is 0.732. The fraction of sp³-hybridized carbons (Fsp3) is 0.545. The molecule has 0 radical (unpaired) electrons. The second kappa shape index (κ2) is 2.87. The van der Waals surface area contributed by atoms with Crippen LogP contribution in [0.3, 0.4) is 0 Å². The Bertz CT molecular complexity index is 330. The van der Waals surface area contributed by atoms with E-state index in [1.165, 1.54) is 31.4 Å². The number of anilines is 2. The monoisotopic (exact) mass is 189 g/mol. The third-order valence-electron chi connectivity index (χ3n) is 3.52. The number of rotatable bonds is 1. The molecule has 0 spiro atoms. The van der Waals surface area contributed by atoms with Crippen molar-refractivity contribution in [3.8, 4) is 0 Å². The van der Waals surface area contributed by atoms with Gasteiger partial charge in [-0.25, -0.2) is 4.98 Å². The van der Waals surface area contributed by atoms with Crippen molar-refractivity contribution in [3.63, 3.8) is 0 Å². The number of aromatic nitrogens is 1. The van der Waals surface area contributed by atoms with Gasteiger partial charge in [-0.2, -0.15) is 0 Å². The summed E-state index contributed by atoms with van der Waals surface area (Å²) in [5, 5.41) is 0. The SMILES string of the molecule is Nc1cc(N2C3CCC2CC3)ccn1. The van der Waals surface area contributed by atoms with Crippen molar-refractivity contribution >= 4 is 11.5 Å². The highest BCUT2D eigenvalue weighted by Gasteiger charge is 2.39. The summed E-state index contributed by atoms with van der Waals surface area (Å²) in [6.45, 7) is 0. The summed E-state index contributed by atoms with van der Waals surface area (Å²) in [7, 11) is 0. The summed E-state index contributed by atoms with van der Waals surface area (Å²) >= 11 is 0. The van der Waals surface area contributed by atoms with Gasteiger partial charge in [0.05, 0.1) is 0 Å². The van der Waals surface area contributed by atoms with Crippen LogP contribution < -0.4 is 10.6 Å². The second-order valence-corrected chi connectivity index (χ2v) is 4.31. The van der Waals surface area contributed by atoms with E-state index in [1.54, 1.807) is 0 Å². The number of nitrogen functional groups attached to an aromatic ring is 1. The molecule has 2 aliphatic rings. The van der Waals surface area contributed by atoms with Gasteiger partial charge in [0.25, 0.3) is 0 Å². The Balaban J connectivity index is 1.95. The smallest absolute Gasteiger partial charge is 0.125 e. The number of pyridine rings is 1. The summed E-state index contributed by atoms with van der Waals surface area (Å²) < 4.78 is 0. The molecule has 0 saturated carbocycles. The first-order valence-corrected chi connectivity index (χ1v) is 5.34. The maximum atomic E-state index is 5.70. The van der Waals surface area contributed by atoms with Crippen LogP contribution in [0.5, 0.6) is 0 Å². The largest absolute Gasteiger partial charge is 0.384 e. The van der Waals surface area contributed by atoms with Crippen molar-refractivity contribution in [1.82, 2.24) is 4.98 Å². The van der Waals surface area contributed by atoms with E-state index in [9.17, 15) is 0 Å². The Hall–Kier alpha value is -1.25. The molecular weight excluding hydrogens is 174 g/mol. The lowest BCUT2D eigenvalue weighted by atomic mass is 10.0. The van der Waals surface area contributed by atoms with E-state index in [0.717, 1.165) is 12.1 Å². The highest BCUT2D eigenvalue weighted by Crippen LogP contribution is 2.40. The molecular formula is C11H15N3. The maximum absolute atomic E-state index is 5.70. The second-order valence-electron chi connectivity index (χ2n) is 4.31. The molecule has 2 N–H and O–H groups in total. The number of fused-ring (bicyclic) bond motifs is 2. The van der Waals surface area contributed by atoms with Crippen molar-refractivity contribution in [3.05, 3.63) is 18.3 Å². The Kier molecular flexibility index (Phi) is 1.66. The molecule has 3 nitrogen and oxygen atoms in total. The number of nitrogens with zero attached hydrogens (tertiary/aromatic N) is 2. The molecule has 0 unspecified atom stereocenters. The van der Waals surface area contributed by atoms with Crippen LogP contribution in [0.25, 0.3) is 0 Å². The average Bonchev–Trinajstić information content (AvgIpc) is 2.76.